The lowest BCUT2D eigenvalue weighted by Crippen LogP contribution is -2.51. The lowest BCUT2D eigenvalue weighted by Gasteiger charge is -2.41. The largest absolute Gasteiger partial charge is 0.481 e. The Balaban J connectivity index is 1.98. The van der Waals surface area contributed by atoms with Gasteiger partial charge < -0.3 is 24.0 Å². The van der Waals surface area contributed by atoms with Gasteiger partial charge >= 0.3 is 0 Å². The van der Waals surface area contributed by atoms with Crippen molar-refractivity contribution < 1.29 is 19.0 Å². The molecule has 3 rings (SSSR count). The number of nitrogens with zero attached hydrogens (tertiary/aromatic N) is 5. The number of rotatable bonds is 6. The molecule has 0 aromatic carbocycles. The highest BCUT2D eigenvalue weighted by molar-refractivity contribution is 5.96. The Bertz CT molecular complexity index is 822. The molecule has 0 saturated carbocycles. The zero-order chi connectivity index (χ0) is 20.3. The third-order valence-electron chi connectivity index (χ3n) is 4.69. The predicted molar refractivity (Wildman–Crippen MR) is 103 cm³/mol. The van der Waals surface area contributed by atoms with E-state index in [2.05, 4.69) is 15.0 Å². The minimum Gasteiger partial charge on any atom is -0.481 e. The van der Waals surface area contributed by atoms with Crippen LogP contribution >= 0.6 is 0 Å². The van der Waals surface area contributed by atoms with E-state index in [-0.39, 0.29) is 23.9 Å². The third-order valence-corrected chi connectivity index (χ3v) is 4.69. The van der Waals surface area contributed by atoms with Crippen molar-refractivity contribution in [2.24, 2.45) is 7.05 Å². The Labute approximate surface area is 164 Å². The molecule has 0 aliphatic carbocycles. The van der Waals surface area contributed by atoms with Gasteiger partial charge in [-0.1, -0.05) is 0 Å². The first kappa shape index (κ1) is 20.1. The molecule has 0 unspecified atom stereocenters. The number of ether oxygens (including phenoxy) is 3. The summed E-state index contributed by atoms with van der Waals surface area (Å²) >= 11 is 0. The monoisotopic (exact) mass is 389 g/mol. The van der Waals surface area contributed by atoms with Crippen LogP contribution < -0.4 is 9.47 Å². The van der Waals surface area contributed by atoms with Gasteiger partial charge in [-0.15, -0.1) is 0 Å². The van der Waals surface area contributed by atoms with E-state index in [1.54, 1.807) is 23.0 Å². The van der Waals surface area contributed by atoms with Crippen LogP contribution in [-0.4, -0.2) is 84.6 Å². The number of likely N-dealkylation sites (N-methyl/N-ethyl adjacent to an activating group) is 1. The molecule has 0 radical (unpaired) electrons. The first-order valence-corrected chi connectivity index (χ1v) is 9.09. The van der Waals surface area contributed by atoms with Crippen LogP contribution in [0.5, 0.6) is 11.8 Å². The lowest BCUT2D eigenvalue weighted by atomic mass is 9.99. The molecule has 2 aromatic heterocycles. The maximum absolute atomic E-state index is 13.5. The molecule has 2 aromatic rings. The van der Waals surface area contributed by atoms with Crippen molar-refractivity contribution in [1.29, 1.82) is 0 Å². The van der Waals surface area contributed by atoms with Crippen molar-refractivity contribution >= 4 is 5.91 Å². The highest BCUT2D eigenvalue weighted by atomic mass is 16.5. The second kappa shape index (κ2) is 8.57. The Morgan fingerprint density at radius 1 is 1.32 bits per heavy atom. The Kier molecular flexibility index (Phi) is 6.15. The normalized spacial score (nSPS) is 19.7. The molecule has 2 atom stereocenters. The predicted octanol–water partition coefficient (Wildman–Crippen LogP) is 0.976. The molecule has 9 heteroatoms. The Morgan fingerprint density at radius 3 is 2.71 bits per heavy atom. The number of aryl methyl sites for hydroxylation is 1. The number of carbonyl (C=O) groups is 1. The van der Waals surface area contributed by atoms with E-state index in [1.165, 1.54) is 14.2 Å². The molecule has 1 amide bonds. The zero-order valence-corrected chi connectivity index (χ0v) is 17.0. The summed E-state index contributed by atoms with van der Waals surface area (Å²) in [4.78, 5) is 21.6. The van der Waals surface area contributed by atoms with Crippen LogP contribution in [0.2, 0.25) is 0 Å². The molecule has 3 heterocycles. The third kappa shape index (κ3) is 4.10. The van der Waals surface area contributed by atoms with Crippen LogP contribution in [0.1, 0.15) is 22.0 Å². The van der Waals surface area contributed by atoms with Crippen molar-refractivity contribution in [1.82, 2.24) is 24.6 Å². The molecule has 0 bridgehead atoms. The highest BCUT2D eigenvalue weighted by Gasteiger charge is 2.38. The number of pyridine rings is 1. The van der Waals surface area contributed by atoms with E-state index in [1.807, 2.05) is 32.2 Å². The standard InChI is InChI=1S/C19H27N5O4/c1-22(2)12-15-17(13-10-20-23(3)11-13)24(8-9-28-15)19(25)14-6-7-16(26-4)21-18(14)27-5/h6-7,10-11,15,17H,8-9,12H2,1-5H3/t15-,17-/m0/s1. The summed E-state index contributed by atoms with van der Waals surface area (Å²) in [7, 11) is 8.85. The van der Waals surface area contributed by atoms with E-state index in [0.717, 1.165) is 5.56 Å². The summed E-state index contributed by atoms with van der Waals surface area (Å²) in [5, 5.41) is 4.28. The summed E-state index contributed by atoms with van der Waals surface area (Å²) in [6.07, 6.45) is 3.53. The summed E-state index contributed by atoms with van der Waals surface area (Å²) in [6, 6.07) is 3.08. The average Bonchev–Trinajstić information content (AvgIpc) is 3.12. The van der Waals surface area contributed by atoms with Gasteiger partial charge in [0, 0.05) is 38.0 Å². The molecule has 1 fully saturated rings. The number of aromatic nitrogens is 3. The van der Waals surface area contributed by atoms with Gasteiger partial charge in [-0.3, -0.25) is 9.48 Å². The van der Waals surface area contributed by atoms with Crippen molar-refractivity contribution in [3.8, 4) is 11.8 Å². The molecular formula is C19H27N5O4. The number of morpholine rings is 1. The molecule has 1 saturated heterocycles. The molecule has 152 valence electrons. The number of hydrogen-bond donors (Lipinski definition) is 0. The summed E-state index contributed by atoms with van der Waals surface area (Å²) in [5.74, 6) is 0.475. The highest BCUT2D eigenvalue weighted by Crippen LogP contribution is 2.33. The molecular weight excluding hydrogens is 362 g/mol. The quantitative estimate of drug-likeness (QED) is 0.728. The SMILES string of the molecule is COc1ccc(C(=O)N2CCO[C@@H](CN(C)C)[C@@H]2c2cnn(C)c2)c(OC)n1. The average molecular weight is 389 g/mol. The van der Waals surface area contributed by atoms with Crippen LogP contribution in [0.3, 0.4) is 0 Å². The van der Waals surface area contributed by atoms with Crippen LogP contribution in [-0.2, 0) is 11.8 Å². The number of methoxy groups -OCH3 is 2. The van der Waals surface area contributed by atoms with Gasteiger partial charge in [-0.2, -0.15) is 10.1 Å². The van der Waals surface area contributed by atoms with Gasteiger partial charge in [-0.25, -0.2) is 0 Å². The first-order chi connectivity index (χ1) is 13.4. The topological polar surface area (TPSA) is 82.0 Å². The van der Waals surface area contributed by atoms with E-state index in [0.29, 0.717) is 31.1 Å². The maximum Gasteiger partial charge on any atom is 0.260 e. The smallest absolute Gasteiger partial charge is 0.260 e. The molecule has 28 heavy (non-hydrogen) atoms. The van der Waals surface area contributed by atoms with Gasteiger partial charge in [-0.05, 0) is 20.2 Å². The molecule has 9 nitrogen and oxygen atoms in total. The van der Waals surface area contributed by atoms with Crippen molar-refractivity contribution in [2.75, 3.05) is 48.0 Å². The van der Waals surface area contributed by atoms with Crippen LogP contribution in [0.4, 0.5) is 0 Å². The van der Waals surface area contributed by atoms with Gasteiger partial charge in [0.1, 0.15) is 5.56 Å². The Morgan fingerprint density at radius 2 is 2.11 bits per heavy atom. The molecule has 1 aliphatic heterocycles. The summed E-state index contributed by atoms with van der Waals surface area (Å²) in [5.41, 5.74) is 1.32. The van der Waals surface area contributed by atoms with E-state index < -0.39 is 0 Å². The first-order valence-electron chi connectivity index (χ1n) is 9.09. The number of amides is 1. The number of carbonyl (C=O) groups excluding carboxylic acids is 1. The van der Waals surface area contributed by atoms with Gasteiger partial charge in [0.2, 0.25) is 11.8 Å². The zero-order valence-electron chi connectivity index (χ0n) is 17.0. The van der Waals surface area contributed by atoms with Crippen LogP contribution in [0.25, 0.3) is 0 Å². The summed E-state index contributed by atoms with van der Waals surface area (Å²) in [6.45, 7) is 1.62. The van der Waals surface area contributed by atoms with Crippen molar-refractivity contribution in [3.05, 3.63) is 35.7 Å². The number of hydrogen-bond acceptors (Lipinski definition) is 7. The van der Waals surface area contributed by atoms with Gasteiger partial charge in [0.15, 0.2) is 0 Å². The van der Waals surface area contributed by atoms with E-state index >= 15 is 0 Å². The second-order valence-corrected chi connectivity index (χ2v) is 6.97. The fraction of sp³-hybridized carbons (Fsp3) is 0.526. The fourth-order valence-corrected chi connectivity index (χ4v) is 3.47. The fourth-order valence-electron chi connectivity index (χ4n) is 3.47. The van der Waals surface area contributed by atoms with Gasteiger partial charge in [0.25, 0.3) is 5.91 Å². The lowest BCUT2D eigenvalue weighted by molar-refractivity contribution is -0.0685. The van der Waals surface area contributed by atoms with Crippen LogP contribution in [0, 0.1) is 0 Å². The maximum atomic E-state index is 13.5. The second-order valence-electron chi connectivity index (χ2n) is 6.97. The Hall–Kier alpha value is -2.65. The molecule has 1 aliphatic rings. The molecule has 0 spiro atoms. The minimum absolute atomic E-state index is 0.159. The molecule has 0 N–H and O–H groups in total. The van der Waals surface area contributed by atoms with Crippen LogP contribution in [0.15, 0.2) is 24.5 Å². The van der Waals surface area contributed by atoms with Crippen molar-refractivity contribution in [2.45, 2.75) is 12.1 Å². The summed E-state index contributed by atoms with van der Waals surface area (Å²) < 4.78 is 18.2. The van der Waals surface area contributed by atoms with Gasteiger partial charge in [0.05, 0.1) is 39.2 Å². The van der Waals surface area contributed by atoms with E-state index in [4.69, 9.17) is 14.2 Å². The minimum atomic E-state index is -0.260. The van der Waals surface area contributed by atoms with E-state index in [9.17, 15) is 4.79 Å². The van der Waals surface area contributed by atoms with Crippen molar-refractivity contribution in [3.63, 3.8) is 0 Å².